The zero-order valence-corrected chi connectivity index (χ0v) is 9.05. The second-order valence-electron chi connectivity index (χ2n) is 3.51. The van der Waals surface area contributed by atoms with E-state index in [4.69, 9.17) is 9.84 Å². The molecule has 0 spiro atoms. The van der Waals surface area contributed by atoms with Gasteiger partial charge in [-0.2, -0.15) is 0 Å². The van der Waals surface area contributed by atoms with Crippen molar-refractivity contribution in [3.63, 3.8) is 0 Å². The van der Waals surface area contributed by atoms with E-state index in [0.29, 0.717) is 11.4 Å². The summed E-state index contributed by atoms with van der Waals surface area (Å²) in [6.45, 7) is 1.91. The summed E-state index contributed by atoms with van der Waals surface area (Å²) in [5, 5.41) is 8.96. The fourth-order valence-electron chi connectivity index (χ4n) is 1.40. The monoisotopic (exact) mass is 215 g/mol. The lowest BCUT2D eigenvalue weighted by molar-refractivity contribution is 0.276. The van der Waals surface area contributed by atoms with Crippen LogP contribution < -0.4 is 4.74 Å². The van der Waals surface area contributed by atoms with Crippen LogP contribution in [-0.4, -0.2) is 10.1 Å². The fraction of sp³-hybridized carbons (Fsp3) is 0.154. The zero-order valence-electron chi connectivity index (χ0n) is 9.05. The number of ether oxygens (including phenoxy) is 1. The maximum atomic E-state index is 8.96. The van der Waals surface area contributed by atoms with E-state index < -0.39 is 0 Å². The number of para-hydroxylation sites is 1. The number of nitrogens with zero attached hydrogens (tertiary/aromatic N) is 1. The van der Waals surface area contributed by atoms with E-state index in [0.717, 1.165) is 11.3 Å². The second-order valence-corrected chi connectivity index (χ2v) is 3.51. The van der Waals surface area contributed by atoms with Crippen LogP contribution in [-0.2, 0) is 6.61 Å². The third-order valence-corrected chi connectivity index (χ3v) is 2.27. The molecule has 0 aliphatic carbocycles. The minimum absolute atomic E-state index is 0.0784. The Balaban J connectivity index is 2.24. The van der Waals surface area contributed by atoms with Gasteiger partial charge >= 0.3 is 0 Å². The quantitative estimate of drug-likeness (QED) is 0.855. The SMILES string of the molecule is Cc1ccccc1Oc1ccnc(CO)c1. The molecule has 0 saturated carbocycles. The van der Waals surface area contributed by atoms with E-state index in [2.05, 4.69) is 4.98 Å². The van der Waals surface area contributed by atoms with Gasteiger partial charge < -0.3 is 9.84 Å². The largest absolute Gasteiger partial charge is 0.457 e. The highest BCUT2D eigenvalue weighted by atomic mass is 16.5. The van der Waals surface area contributed by atoms with Gasteiger partial charge in [0.05, 0.1) is 12.3 Å². The molecule has 82 valence electrons. The van der Waals surface area contributed by atoms with Crippen LogP contribution in [0.3, 0.4) is 0 Å². The molecule has 0 aliphatic rings. The molecule has 1 heterocycles. The Morgan fingerprint density at radius 1 is 1.25 bits per heavy atom. The third-order valence-electron chi connectivity index (χ3n) is 2.27. The van der Waals surface area contributed by atoms with Gasteiger partial charge in [-0.3, -0.25) is 4.98 Å². The van der Waals surface area contributed by atoms with Crippen molar-refractivity contribution in [2.45, 2.75) is 13.5 Å². The normalized spacial score (nSPS) is 10.1. The standard InChI is InChI=1S/C13H13NO2/c1-10-4-2-3-5-13(10)16-12-6-7-14-11(8-12)9-15/h2-8,15H,9H2,1H3. The van der Waals surface area contributed by atoms with E-state index >= 15 is 0 Å². The van der Waals surface area contributed by atoms with E-state index in [1.54, 1.807) is 18.3 Å². The Bertz CT molecular complexity index is 483. The molecule has 0 unspecified atom stereocenters. The first-order valence-electron chi connectivity index (χ1n) is 5.09. The lowest BCUT2D eigenvalue weighted by Crippen LogP contribution is -1.91. The van der Waals surface area contributed by atoms with Gasteiger partial charge in [0.1, 0.15) is 11.5 Å². The molecule has 1 aromatic carbocycles. The Labute approximate surface area is 94.3 Å². The van der Waals surface area contributed by atoms with Crippen LogP contribution in [0.4, 0.5) is 0 Å². The van der Waals surface area contributed by atoms with Crippen molar-refractivity contribution in [2.24, 2.45) is 0 Å². The second kappa shape index (κ2) is 4.77. The molecular formula is C13H13NO2. The van der Waals surface area contributed by atoms with Crippen LogP contribution in [0.15, 0.2) is 42.6 Å². The van der Waals surface area contributed by atoms with Gasteiger partial charge in [-0.1, -0.05) is 18.2 Å². The summed E-state index contributed by atoms with van der Waals surface area (Å²) in [5.74, 6) is 1.51. The molecule has 3 nitrogen and oxygen atoms in total. The molecule has 2 rings (SSSR count). The minimum Gasteiger partial charge on any atom is -0.457 e. The molecule has 0 aliphatic heterocycles. The Morgan fingerprint density at radius 2 is 2.06 bits per heavy atom. The molecular weight excluding hydrogens is 202 g/mol. The van der Waals surface area contributed by atoms with Gasteiger partial charge in [-0.05, 0) is 24.6 Å². The molecule has 0 bridgehead atoms. The molecule has 1 aromatic heterocycles. The number of aliphatic hydroxyl groups is 1. The van der Waals surface area contributed by atoms with Crippen LogP contribution in [0, 0.1) is 6.92 Å². The first-order chi connectivity index (χ1) is 7.79. The maximum Gasteiger partial charge on any atom is 0.130 e. The highest BCUT2D eigenvalue weighted by Crippen LogP contribution is 2.24. The van der Waals surface area contributed by atoms with Crippen LogP contribution >= 0.6 is 0 Å². The highest BCUT2D eigenvalue weighted by molar-refractivity contribution is 5.36. The predicted octanol–water partition coefficient (Wildman–Crippen LogP) is 2.67. The fourth-order valence-corrected chi connectivity index (χ4v) is 1.40. The van der Waals surface area contributed by atoms with Crippen LogP contribution in [0.2, 0.25) is 0 Å². The molecule has 16 heavy (non-hydrogen) atoms. The van der Waals surface area contributed by atoms with Crippen molar-refractivity contribution < 1.29 is 9.84 Å². The van der Waals surface area contributed by atoms with Crippen LogP contribution in [0.1, 0.15) is 11.3 Å². The minimum atomic E-state index is -0.0784. The van der Waals surface area contributed by atoms with E-state index in [9.17, 15) is 0 Å². The number of rotatable bonds is 3. The summed E-state index contributed by atoms with van der Waals surface area (Å²) < 4.78 is 5.70. The summed E-state index contributed by atoms with van der Waals surface area (Å²) in [6, 6.07) is 11.3. The number of aromatic nitrogens is 1. The molecule has 0 fully saturated rings. The van der Waals surface area contributed by atoms with Gasteiger partial charge in [0, 0.05) is 12.3 Å². The highest BCUT2D eigenvalue weighted by Gasteiger charge is 2.01. The van der Waals surface area contributed by atoms with Crippen molar-refractivity contribution in [2.75, 3.05) is 0 Å². The lowest BCUT2D eigenvalue weighted by Gasteiger charge is -2.08. The van der Waals surface area contributed by atoms with Crippen molar-refractivity contribution in [3.8, 4) is 11.5 Å². The van der Waals surface area contributed by atoms with Gasteiger partial charge in [-0.25, -0.2) is 0 Å². The number of hydrogen-bond donors (Lipinski definition) is 1. The zero-order chi connectivity index (χ0) is 11.4. The summed E-state index contributed by atoms with van der Waals surface area (Å²) in [5.41, 5.74) is 1.68. The third kappa shape index (κ3) is 2.38. The maximum absolute atomic E-state index is 8.96. The molecule has 2 aromatic rings. The van der Waals surface area contributed by atoms with Gasteiger partial charge in [0.2, 0.25) is 0 Å². The Morgan fingerprint density at radius 3 is 2.81 bits per heavy atom. The van der Waals surface area contributed by atoms with Gasteiger partial charge in [0.25, 0.3) is 0 Å². The van der Waals surface area contributed by atoms with Crippen LogP contribution in [0.5, 0.6) is 11.5 Å². The first kappa shape index (κ1) is 10.6. The average molecular weight is 215 g/mol. The summed E-state index contributed by atoms with van der Waals surface area (Å²) in [7, 11) is 0. The molecule has 0 amide bonds. The summed E-state index contributed by atoms with van der Waals surface area (Å²) in [4.78, 5) is 3.99. The summed E-state index contributed by atoms with van der Waals surface area (Å²) >= 11 is 0. The van der Waals surface area contributed by atoms with E-state index in [1.165, 1.54) is 0 Å². The van der Waals surface area contributed by atoms with Crippen molar-refractivity contribution in [1.29, 1.82) is 0 Å². The number of aliphatic hydroxyl groups excluding tert-OH is 1. The summed E-state index contributed by atoms with van der Waals surface area (Å²) in [6.07, 6.45) is 1.62. The molecule has 0 atom stereocenters. The predicted molar refractivity (Wildman–Crippen MR) is 61.4 cm³/mol. The van der Waals surface area contributed by atoms with Gasteiger partial charge in [0.15, 0.2) is 0 Å². The van der Waals surface area contributed by atoms with Gasteiger partial charge in [-0.15, -0.1) is 0 Å². The molecule has 1 N–H and O–H groups in total. The lowest BCUT2D eigenvalue weighted by atomic mass is 10.2. The van der Waals surface area contributed by atoms with Crippen molar-refractivity contribution >= 4 is 0 Å². The average Bonchev–Trinajstić information content (AvgIpc) is 2.32. The van der Waals surface area contributed by atoms with E-state index in [-0.39, 0.29) is 6.61 Å². The van der Waals surface area contributed by atoms with Crippen LogP contribution in [0.25, 0.3) is 0 Å². The number of pyridine rings is 1. The first-order valence-corrected chi connectivity index (χ1v) is 5.09. The Kier molecular flexibility index (Phi) is 3.17. The molecule has 3 heteroatoms. The molecule has 0 radical (unpaired) electrons. The van der Waals surface area contributed by atoms with E-state index in [1.807, 2.05) is 31.2 Å². The molecule has 0 saturated heterocycles. The number of hydrogen-bond acceptors (Lipinski definition) is 3. The number of aryl methyl sites for hydroxylation is 1. The smallest absolute Gasteiger partial charge is 0.130 e. The van der Waals surface area contributed by atoms with Crippen molar-refractivity contribution in [3.05, 3.63) is 53.9 Å². The topological polar surface area (TPSA) is 42.4 Å². The number of benzene rings is 1. The van der Waals surface area contributed by atoms with Crippen molar-refractivity contribution in [1.82, 2.24) is 4.98 Å². The Hall–Kier alpha value is -1.87.